The van der Waals surface area contributed by atoms with E-state index in [4.69, 9.17) is 4.42 Å². The van der Waals surface area contributed by atoms with Gasteiger partial charge >= 0.3 is 0 Å². The van der Waals surface area contributed by atoms with Gasteiger partial charge in [-0.15, -0.1) is 0 Å². The predicted molar refractivity (Wildman–Crippen MR) is 61.8 cm³/mol. The second kappa shape index (κ2) is 5.36. The Hall–Kier alpha value is -0.760. The molecule has 1 aliphatic carbocycles. The Morgan fingerprint density at radius 3 is 2.80 bits per heavy atom. The van der Waals surface area contributed by atoms with Crippen LogP contribution in [0.1, 0.15) is 31.4 Å². The average molecular weight is 207 g/mol. The van der Waals surface area contributed by atoms with Crippen LogP contribution in [0, 0.1) is 11.8 Å². The summed E-state index contributed by atoms with van der Waals surface area (Å²) < 4.78 is 5.44. The standard InChI is InChI=1S/C13H21NO/c1-14-10-12-6-3-2-5-11(12)9-13-7-4-8-15-13/h4,7-8,11-12,14H,2-3,5-6,9-10H2,1H3. The van der Waals surface area contributed by atoms with E-state index in [1.54, 1.807) is 6.26 Å². The fourth-order valence-corrected chi connectivity index (χ4v) is 2.77. The molecule has 1 heterocycles. The summed E-state index contributed by atoms with van der Waals surface area (Å²) >= 11 is 0. The number of hydrogen-bond acceptors (Lipinski definition) is 2. The van der Waals surface area contributed by atoms with Crippen molar-refractivity contribution in [1.29, 1.82) is 0 Å². The minimum atomic E-state index is 0.817. The molecule has 1 aromatic rings. The van der Waals surface area contributed by atoms with Crippen molar-refractivity contribution in [3.8, 4) is 0 Å². The monoisotopic (exact) mass is 207 g/mol. The third-order valence-electron chi connectivity index (χ3n) is 3.58. The summed E-state index contributed by atoms with van der Waals surface area (Å²) in [6, 6.07) is 4.09. The van der Waals surface area contributed by atoms with Gasteiger partial charge in [-0.3, -0.25) is 0 Å². The van der Waals surface area contributed by atoms with Crippen LogP contribution in [0.3, 0.4) is 0 Å². The molecule has 2 nitrogen and oxygen atoms in total. The molecule has 1 aromatic heterocycles. The van der Waals surface area contributed by atoms with Gasteiger partial charge in [-0.2, -0.15) is 0 Å². The zero-order valence-electron chi connectivity index (χ0n) is 9.54. The number of nitrogens with one attached hydrogen (secondary N) is 1. The summed E-state index contributed by atoms with van der Waals surface area (Å²) in [6.45, 7) is 1.16. The smallest absolute Gasteiger partial charge is 0.104 e. The van der Waals surface area contributed by atoms with Crippen molar-refractivity contribution in [3.63, 3.8) is 0 Å². The van der Waals surface area contributed by atoms with E-state index in [1.165, 1.54) is 25.7 Å². The van der Waals surface area contributed by atoms with Gasteiger partial charge < -0.3 is 9.73 Å². The zero-order chi connectivity index (χ0) is 10.5. The van der Waals surface area contributed by atoms with Crippen molar-refractivity contribution >= 4 is 0 Å². The molecule has 0 saturated heterocycles. The minimum Gasteiger partial charge on any atom is -0.469 e. The molecule has 2 heteroatoms. The van der Waals surface area contributed by atoms with E-state index in [0.29, 0.717) is 0 Å². The van der Waals surface area contributed by atoms with Crippen LogP contribution in [0.4, 0.5) is 0 Å². The van der Waals surface area contributed by atoms with Crippen molar-refractivity contribution < 1.29 is 4.42 Å². The molecular weight excluding hydrogens is 186 g/mol. The maximum Gasteiger partial charge on any atom is 0.104 e. The Labute approximate surface area is 92.1 Å². The van der Waals surface area contributed by atoms with Crippen LogP contribution >= 0.6 is 0 Å². The first kappa shape index (κ1) is 10.7. The summed E-state index contributed by atoms with van der Waals surface area (Å²) in [7, 11) is 2.05. The number of furan rings is 1. The van der Waals surface area contributed by atoms with Gasteiger partial charge in [0.25, 0.3) is 0 Å². The first-order chi connectivity index (χ1) is 7.40. The topological polar surface area (TPSA) is 25.2 Å². The third kappa shape index (κ3) is 2.85. The largest absolute Gasteiger partial charge is 0.469 e. The first-order valence-electron chi connectivity index (χ1n) is 6.07. The molecule has 1 aliphatic rings. The fourth-order valence-electron chi connectivity index (χ4n) is 2.77. The summed E-state index contributed by atoms with van der Waals surface area (Å²) in [5.74, 6) is 2.81. The Bertz CT molecular complexity index is 266. The highest BCUT2D eigenvalue weighted by atomic mass is 16.3. The predicted octanol–water partition coefficient (Wildman–Crippen LogP) is 2.85. The lowest BCUT2D eigenvalue weighted by atomic mass is 9.77. The van der Waals surface area contributed by atoms with Crippen LogP contribution < -0.4 is 5.32 Å². The van der Waals surface area contributed by atoms with Gasteiger partial charge in [0.2, 0.25) is 0 Å². The SMILES string of the molecule is CNCC1CCCCC1Cc1ccco1. The van der Waals surface area contributed by atoms with E-state index in [1.807, 2.05) is 6.07 Å². The summed E-state index contributed by atoms with van der Waals surface area (Å²) in [5.41, 5.74) is 0. The molecule has 84 valence electrons. The summed E-state index contributed by atoms with van der Waals surface area (Å²) in [5, 5.41) is 3.32. The molecule has 2 rings (SSSR count). The normalized spacial score (nSPS) is 26.7. The van der Waals surface area contributed by atoms with Gasteiger partial charge in [-0.25, -0.2) is 0 Å². The number of hydrogen-bond donors (Lipinski definition) is 1. The van der Waals surface area contributed by atoms with Crippen molar-refractivity contribution in [2.75, 3.05) is 13.6 Å². The molecule has 0 amide bonds. The summed E-state index contributed by atoms with van der Waals surface area (Å²) in [6.07, 6.45) is 8.45. The van der Waals surface area contributed by atoms with Crippen LogP contribution in [0.5, 0.6) is 0 Å². The van der Waals surface area contributed by atoms with E-state index in [2.05, 4.69) is 18.4 Å². The lowest BCUT2D eigenvalue weighted by molar-refractivity contribution is 0.222. The zero-order valence-corrected chi connectivity index (χ0v) is 9.54. The molecule has 0 spiro atoms. The highest BCUT2D eigenvalue weighted by Gasteiger charge is 2.25. The summed E-state index contributed by atoms with van der Waals surface area (Å²) in [4.78, 5) is 0. The molecule has 2 unspecified atom stereocenters. The van der Waals surface area contributed by atoms with Gasteiger partial charge in [0.05, 0.1) is 6.26 Å². The first-order valence-corrected chi connectivity index (χ1v) is 6.07. The van der Waals surface area contributed by atoms with Crippen molar-refractivity contribution in [2.24, 2.45) is 11.8 Å². The van der Waals surface area contributed by atoms with Crippen molar-refractivity contribution in [3.05, 3.63) is 24.2 Å². The number of rotatable bonds is 4. The Kier molecular flexibility index (Phi) is 3.84. The van der Waals surface area contributed by atoms with Crippen molar-refractivity contribution in [2.45, 2.75) is 32.1 Å². The highest BCUT2D eigenvalue weighted by molar-refractivity contribution is 5.00. The van der Waals surface area contributed by atoms with Gasteiger partial charge in [0.1, 0.15) is 5.76 Å². The Morgan fingerprint density at radius 2 is 2.13 bits per heavy atom. The average Bonchev–Trinajstić information content (AvgIpc) is 2.74. The van der Waals surface area contributed by atoms with Crippen LogP contribution in [0.2, 0.25) is 0 Å². The van der Waals surface area contributed by atoms with Crippen LogP contribution in [0.15, 0.2) is 22.8 Å². The van der Waals surface area contributed by atoms with Gasteiger partial charge in [0.15, 0.2) is 0 Å². The van der Waals surface area contributed by atoms with Gasteiger partial charge in [0, 0.05) is 6.42 Å². The van der Waals surface area contributed by atoms with Crippen LogP contribution in [-0.2, 0) is 6.42 Å². The minimum absolute atomic E-state index is 0.817. The quantitative estimate of drug-likeness (QED) is 0.821. The molecule has 1 saturated carbocycles. The molecule has 0 aromatic carbocycles. The molecule has 0 radical (unpaired) electrons. The van der Waals surface area contributed by atoms with E-state index >= 15 is 0 Å². The lowest BCUT2D eigenvalue weighted by Gasteiger charge is -2.30. The van der Waals surface area contributed by atoms with Gasteiger partial charge in [-0.1, -0.05) is 12.8 Å². The van der Waals surface area contributed by atoms with E-state index in [0.717, 1.165) is 30.6 Å². The van der Waals surface area contributed by atoms with Crippen LogP contribution in [-0.4, -0.2) is 13.6 Å². The molecular formula is C13H21NO. The maximum absolute atomic E-state index is 5.44. The molecule has 0 bridgehead atoms. The molecule has 15 heavy (non-hydrogen) atoms. The van der Waals surface area contributed by atoms with Crippen molar-refractivity contribution in [1.82, 2.24) is 5.32 Å². The Morgan fingerprint density at radius 1 is 1.33 bits per heavy atom. The molecule has 1 fully saturated rings. The van der Waals surface area contributed by atoms with Crippen LogP contribution in [0.25, 0.3) is 0 Å². The van der Waals surface area contributed by atoms with Gasteiger partial charge in [-0.05, 0) is 50.4 Å². The maximum atomic E-state index is 5.44. The lowest BCUT2D eigenvalue weighted by Crippen LogP contribution is -2.29. The molecule has 2 atom stereocenters. The fraction of sp³-hybridized carbons (Fsp3) is 0.692. The second-order valence-electron chi connectivity index (χ2n) is 4.65. The van der Waals surface area contributed by atoms with E-state index < -0.39 is 0 Å². The molecule has 1 N–H and O–H groups in total. The highest BCUT2D eigenvalue weighted by Crippen LogP contribution is 2.32. The molecule has 0 aliphatic heterocycles. The second-order valence-corrected chi connectivity index (χ2v) is 4.65. The van der Waals surface area contributed by atoms with E-state index in [-0.39, 0.29) is 0 Å². The third-order valence-corrected chi connectivity index (χ3v) is 3.58. The Balaban J connectivity index is 1.92. The van der Waals surface area contributed by atoms with E-state index in [9.17, 15) is 0 Å².